The van der Waals surface area contributed by atoms with Crippen LogP contribution in [0.1, 0.15) is 132 Å². The molecular weight excluding hydrogens is 1300 g/mol. The van der Waals surface area contributed by atoms with E-state index in [1.54, 1.807) is 0 Å². The SMILES string of the molecule is Cc1cc2c3c(c1)-n1c(-c4ccc(CC(C)(C)c5cc6c7c(c5)c(C)c(-c5ccccc5)n7-c5cc(N(c7ccccc7)c7ccccc7)cc7c5B6c5cc(C(C)(C)C)cc6c(C)c(-c8ccccc8)n-7c56)cc4)c(C)c4cc(C(C)(C)C)cc(c41)B3c1cc(C(C)(C)C)cc3c(C)c(-c4ccccc4)n-2c13. The van der Waals surface area contributed by atoms with Crippen molar-refractivity contribution in [3.8, 4) is 67.8 Å². The van der Waals surface area contributed by atoms with Crippen molar-refractivity contribution in [1.29, 1.82) is 0 Å². The first kappa shape index (κ1) is 66.2. The van der Waals surface area contributed by atoms with Gasteiger partial charge in [0.1, 0.15) is 0 Å². The monoisotopic (exact) mass is 1400 g/mol. The Bertz CT molecular complexity index is 6460. The van der Waals surface area contributed by atoms with Crippen molar-refractivity contribution in [3.05, 3.63) is 304 Å². The Morgan fingerprint density at radius 2 is 0.565 bits per heavy atom. The lowest BCUT2D eigenvalue weighted by atomic mass is 9.34. The van der Waals surface area contributed by atoms with E-state index in [-0.39, 0.29) is 35.1 Å². The van der Waals surface area contributed by atoms with E-state index in [1.807, 2.05) is 0 Å². The Hall–Kier alpha value is -11.3. The van der Waals surface area contributed by atoms with Crippen LogP contribution in [0.2, 0.25) is 0 Å². The number of benzene rings is 12. The van der Waals surface area contributed by atoms with E-state index in [0.717, 1.165) is 23.5 Å². The Balaban J connectivity index is 0.782. The van der Waals surface area contributed by atoms with Crippen LogP contribution in [-0.4, -0.2) is 31.7 Å². The van der Waals surface area contributed by atoms with Gasteiger partial charge in [-0.15, -0.1) is 0 Å². The van der Waals surface area contributed by atoms with Gasteiger partial charge in [0.2, 0.25) is 0 Å². The zero-order valence-electron chi connectivity index (χ0n) is 65.3. The van der Waals surface area contributed by atoms with Gasteiger partial charge >= 0.3 is 0 Å². The summed E-state index contributed by atoms with van der Waals surface area (Å²) in [6.45, 7) is 38.3. The van der Waals surface area contributed by atoms with Gasteiger partial charge in [0.25, 0.3) is 13.4 Å². The van der Waals surface area contributed by atoms with Gasteiger partial charge in [0.05, 0.1) is 28.5 Å². The van der Waals surface area contributed by atoms with E-state index < -0.39 is 0 Å². The third-order valence-electron chi connectivity index (χ3n) is 25.3. The van der Waals surface area contributed by atoms with E-state index in [0.29, 0.717) is 0 Å². The molecule has 0 aliphatic carbocycles. The second-order valence-corrected chi connectivity index (χ2v) is 35.7. The van der Waals surface area contributed by atoms with Crippen LogP contribution >= 0.6 is 0 Å². The Morgan fingerprint density at radius 3 is 0.880 bits per heavy atom. The average Bonchev–Trinajstić information content (AvgIpc) is 1.47. The summed E-state index contributed by atoms with van der Waals surface area (Å²) in [5.41, 5.74) is 44.5. The maximum absolute atomic E-state index is 2.70. The van der Waals surface area contributed by atoms with E-state index in [4.69, 9.17) is 0 Å². The van der Waals surface area contributed by atoms with Gasteiger partial charge in [-0.3, -0.25) is 0 Å². The highest BCUT2D eigenvalue weighted by Crippen LogP contribution is 2.50. The molecule has 0 N–H and O–H groups in total. The molecule has 4 aromatic heterocycles. The number of fused-ring (bicyclic) bond motifs is 8. The number of rotatable bonds is 10. The second-order valence-electron chi connectivity index (χ2n) is 35.7. The minimum atomic E-state index is -0.301. The van der Waals surface area contributed by atoms with Crippen LogP contribution in [0.3, 0.4) is 0 Å². The molecule has 0 saturated carbocycles. The second kappa shape index (κ2) is 23.1. The fourth-order valence-corrected chi connectivity index (χ4v) is 19.9. The number of hydrogen-bond acceptors (Lipinski definition) is 1. The summed E-state index contributed by atoms with van der Waals surface area (Å²) in [5, 5.41) is 5.32. The molecule has 0 atom stereocenters. The van der Waals surface area contributed by atoms with E-state index in [9.17, 15) is 0 Å². The van der Waals surface area contributed by atoms with Crippen LogP contribution in [0.4, 0.5) is 17.1 Å². The minimum Gasteiger partial charge on any atom is -0.310 e. The zero-order chi connectivity index (χ0) is 74.3. The van der Waals surface area contributed by atoms with Gasteiger partial charge in [-0.25, -0.2) is 0 Å². The number of aryl methyl sites for hydroxylation is 5. The van der Waals surface area contributed by atoms with Crippen LogP contribution < -0.4 is 37.7 Å². The molecule has 8 heterocycles. The van der Waals surface area contributed by atoms with E-state index in [1.165, 1.54) is 200 Å². The molecule has 12 aromatic carbocycles. The Morgan fingerprint density at radius 1 is 0.287 bits per heavy atom. The number of aromatic nitrogens is 4. The lowest BCUT2D eigenvalue weighted by Gasteiger charge is -2.37. The van der Waals surface area contributed by atoms with Crippen molar-refractivity contribution < 1.29 is 0 Å². The van der Waals surface area contributed by atoms with Gasteiger partial charge in [0, 0.05) is 77.7 Å². The van der Waals surface area contributed by atoms with Gasteiger partial charge in [0.15, 0.2) is 0 Å². The largest absolute Gasteiger partial charge is 0.310 e. The molecule has 7 heteroatoms. The maximum atomic E-state index is 2.70. The maximum Gasteiger partial charge on any atom is 0.252 e. The molecular formula is C101H91B2N5. The lowest BCUT2D eigenvalue weighted by molar-refractivity contribution is 0.523. The smallest absolute Gasteiger partial charge is 0.252 e. The fourth-order valence-electron chi connectivity index (χ4n) is 19.9. The summed E-state index contributed by atoms with van der Waals surface area (Å²) in [5.74, 6) is 0. The van der Waals surface area contributed by atoms with Gasteiger partial charge in [-0.1, -0.05) is 252 Å². The molecule has 108 heavy (non-hydrogen) atoms. The zero-order valence-corrected chi connectivity index (χ0v) is 65.3. The molecule has 0 unspecified atom stereocenters. The first-order valence-electron chi connectivity index (χ1n) is 39.1. The normalized spacial score (nSPS) is 13.4. The summed E-state index contributed by atoms with van der Waals surface area (Å²) in [6, 6.07) is 96.0. The quantitative estimate of drug-likeness (QED) is 0.125. The van der Waals surface area contributed by atoms with Crippen LogP contribution in [0, 0.1) is 34.6 Å². The number of anilines is 3. The summed E-state index contributed by atoms with van der Waals surface area (Å²) in [6.07, 6.45) is 0.846. The lowest BCUT2D eigenvalue weighted by Crippen LogP contribution is -2.60. The molecule has 4 aliphatic heterocycles. The summed E-state index contributed by atoms with van der Waals surface area (Å²) in [4.78, 5) is 2.47. The summed E-state index contributed by atoms with van der Waals surface area (Å²) >= 11 is 0. The molecule has 16 aromatic rings. The van der Waals surface area contributed by atoms with Gasteiger partial charge in [-0.05, 0) is 246 Å². The molecule has 20 rings (SSSR count). The highest BCUT2D eigenvalue weighted by atomic mass is 15.2. The van der Waals surface area contributed by atoms with Gasteiger partial charge in [-0.2, -0.15) is 0 Å². The predicted molar refractivity (Wildman–Crippen MR) is 462 cm³/mol. The Kier molecular flexibility index (Phi) is 14.2. The van der Waals surface area contributed by atoms with Crippen LogP contribution in [0.15, 0.2) is 249 Å². The first-order valence-corrected chi connectivity index (χ1v) is 39.1. The number of hydrogen-bond donors (Lipinski definition) is 0. The molecule has 0 spiro atoms. The van der Waals surface area contributed by atoms with Crippen molar-refractivity contribution >= 4 is 107 Å². The topological polar surface area (TPSA) is 23.0 Å². The van der Waals surface area contributed by atoms with Crippen LogP contribution in [0.25, 0.3) is 111 Å². The molecule has 0 amide bonds. The summed E-state index contributed by atoms with van der Waals surface area (Å²) < 4.78 is 10.7. The van der Waals surface area contributed by atoms with Gasteiger partial charge < -0.3 is 23.2 Å². The van der Waals surface area contributed by atoms with E-state index >= 15 is 0 Å². The molecule has 0 saturated heterocycles. The highest BCUT2D eigenvalue weighted by molar-refractivity contribution is 7.01. The molecule has 0 fully saturated rings. The molecule has 0 bridgehead atoms. The minimum absolute atomic E-state index is 0.0346. The predicted octanol–water partition coefficient (Wildman–Crippen LogP) is 21.8. The Labute approximate surface area is 637 Å². The standard InChI is InChI=1S/C101H91B2N5/c1-59-46-84-88-85(47-59)106-93(62(4)78-50-71(100(12,13)14)53-81(95(78)106)102(88)80-52-69(98(6,7)8)48-76-60(2)90(105(84)94(76)80)65-32-22-17-23-33-65)68-44-42-64(43-45-68)58-101(15,16)72-51-79-63(5)92(67-36-26-19-27-37-67)108-87-57-75(104(73-38-28-20-29-39-73)74-40-30-21-31-41-74)56-86-89(87)103(83(55-72)97(79)108)82-54-70(99(9,10)11)49-77-61(3)91(107(86)96(77)82)66-34-24-18-25-35-66/h17-57H,58H2,1-16H3. The molecule has 5 nitrogen and oxygen atoms in total. The highest BCUT2D eigenvalue weighted by Gasteiger charge is 2.47. The number of nitrogens with zero attached hydrogens (tertiary/aromatic N) is 5. The third-order valence-corrected chi connectivity index (χ3v) is 25.3. The molecule has 526 valence electrons. The first-order chi connectivity index (χ1) is 51.8. The van der Waals surface area contributed by atoms with Crippen molar-refractivity contribution in [2.24, 2.45) is 0 Å². The molecule has 4 aliphatic rings. The van der Waals surface area contributed by atoms with Crippen molar-refractivity contribution in [2.75, 3.05) is 4.90 Å². The number of para-hydroxylation sites is 2. The average molecular weight is 1400 g/mol. The van der Waals surface area contributed by atoms with Crippen molar-refractivity contribution in [1.82, 2.24) is 18.3 Å². The van der Waals surface area contributed by atoms with Crippen molar-refractivity contribution in [2.45, 2.75) is 139 Å². The molecule has 0 radical (unpaired) electrons. The van der Waals surface area contributed by atoms with E-state index in [2.05, 4.69) is 383 Å². The van der Waals surface area contributed by atoms with Crippen LogP contribution in [-0.2, 0) is 28.1 Å². The fraction of sp³-hybridized carbons (Fsp3) is 0.208. The van der Waals surface area contributed by atoms with Crippen LogP contribution in [0.5, 0.6) is 0 Å². The van der Waals surface area contributed by atoms with Crippen molar-refractivity contribution in [3.63, 3.8) is 0 Å². The third kappa shape index (κ3) is 9.52. The summed E-state index contributed by atoms with van der Waals surface area (Å²) in [7, 11) is 0.